The Labute approximate surface area is 66.4 Å². The van der Waals surface area contributed by atoms with Gasteiger partial charge in [-0.1, -0.05) is 0 Å². The van der Waals surface area contributed by atoms with Gasteiger partial charge in [-0.15, -0.1) is 0 Å². The van der Waals surface area contributed by atoms with Crippen molar-refractivity contribution < 1.29 is 18.9 Å². The normalized spacial score (nSPS) is 9.67. The Morgan fingerprint density at radius 2 is 1.89 bits per heavy atom. The molecule has 0 saturated carbocycles. The van der Waals surface area contributed by atoms with Crippen LogP contribution in [0.15, 0.2) is 18.2 Å². The van der Waals surface area contributed by atoms with Gasteiger partial charge < -0.3 is 0 Å². The standard InChI is InChI=1S/C8H9.Ir/c1-7-5-3-4-6-8(7)2;/h3-5H,1-2H3;/q;+2. The predicted octanol–water partition coefficient (Wildman–Crippen LogP) is 1.48. The molecule has 0 amide bonds. The van der Waals surface area contributed by atoms with Gasteiger partial charge in [0.1, 0.15) is 0 Å². The Morgan fingerprint density at radius 1 is 1.22 bits per heavy atom. The van der Waals surface area contributed by atoms with Crippen LogP contribution in [0.2, 0.25) is 0 Å². The number of benzene rings is 1. The van der Waals surface area contributed by atoms with Crippen molar-refractivity contribution in [2.45, 2.75) is 13.8 Å². The van der Waals surface area contributed by atoms with E-state index in [2.05, 4.69) is 50.9 Å². The average molecular weight is 297 g/mol. The summed E-state index contributed by atoms with van der Waals surface area (Å²) >= 11 is 2.14. The van der Waals surface area contributed by atoms with Gasteiger partial charge in [-0.05, 0) is 0 Å². The van der Waals surface area contributed by atoms with Crippen molar-refractivity contribution >= 4 is 4.08 Å². The van der Waals surface area contributed by atoms with E-state index in [9.17, 15) is 0 Å². The van der Waals surface area contributed by atoms with Gasteiger partial charge in [0, 0.05) is 0 Å². The summed E-state index contributed by atoms with van der Waals surface area (Å²) in [6.07, 6.45) is 0. The Balaban J connectivity index is 3.25. The van der Waals surface area contributed by atoms with Crippen LogP contribution in [0.25, 0.3) is 0 Å². The predicted molar refractivity (Wildman–Crippen MR) is 35.5 cm³/mol. The van der Waals surface area contributed by atoms with Gasteiger partial charge in [0.05, 0.1) is 0 Å². The van der Waals surface area contributed by atoms with Gasteiger partial charge >= 0.3 is 66.2 Å². The first-order valence-electron chi connectivity index (χ1n) is 2.91. The quantitative estimate of drug-likeness (QED) is 0.680. The fourth-order valence-electron chi connectivity index (χ4n) is 0.702. The summed E-state index contributed by atoms with van der Waals surface area (Å²) in [5, 5.41) is 0. The first kappa shape index (κ1) is 6.98. The van der Waals surface area contributed by atoms with Crippen LogP contribution in [-0.4, -0.2) is 0 Å². The Bertz CT molecular complexity index is 196. The summed E-state index contributed by atoms with van der Waals surface area (Å²) in [6.45, 7) is 4.30. The van der Waals surface area contributed by atoms with Crippen LogP contribution in [0.1, 0.15) is 11.1 Å². The molecule has 1 rings (SSSR count). The second-order valence-electron chi connectivity index (χ2n) is 2.16. The Kier molecular flexibility index (Phi) is 2.04. The van der Waals surface area contributed by atoms with Crippen molar-refractivity contribution in [3.8, 4) is 0 Å². The molecular formula is C8H9Ir+2. The number of hydrogen-bond donors (Lipinski definition) is 0. The molecule has 0 aliphatic carbocycles. The molecule has 0 aromatic heterocycles. The Morgan fingerprint density at radius 3 is 2.33 bits per heavy atom. The molecule has 48 valence electrons. The van der Waals surface area contributed by atoms with Crippen LogP contribution in [0.3, 0.4) is 0 Å². The number of aryl methyl sites for hydroxylation is 1. The van der Waals surface area contributed by atoms with E-state index >= 15 is 0 Å². The molecular weight excluding hydrogens is 288 g/mol. The van der Waals surface area contributed by atoms with Crippen LogP contribution < -0.4 is 4.08 Å². The molecule has 0 unspecified atom stereocenters. The SMILES string of the molecule is Cc1ccc[c]([Ir+2])c1C. The zero-order chi connectivity index (χ0) is 6.85. The van der Waals surface area contributed by atoms with Gasteiger partial charge in [-0.2, -0.15) is 0 Å². The van der Waals surface area contributed by atoms with Crippen LogP contribution in [-0.2, 0) is 18.9 Å². The summed E-state index contributed by atoms with van der Waals surface area (Å²) in [5.41, 5.74) is 2.80. The van der Waals surface area contributed by atoms with E-state index in [0.717, 1.165) is 0 Å². The third-order valence-electron chi connectivity index (χ3n) is 1.51. The van der Waals surface area contributed by atoms with Gasteiger partial charge in [0.2, 0.25) is 0 Å². The minimum atomic E-state index is 1.38. The third kappa shape index (κ3) is 1.41. The molecule has 0 atom stereocenters. The Hall–Kier alpha value is -0.131. The summed E-state index contributed by atoms with van der Waals surface area (Å²) < 4.78 is 1.38. The molecule has 0 aliphatic heterocycles. The molecule has 0 spiro atoms. The van der Waals surface area contributed by atoms with Crippen molar-refractivity contribution in [1.29, 1.82) is 0 Å². The monoisotopic (exact) mass is 298 g/mol. The van der Waals surface area contributed by atoms with E-state index < -0.39 is 0 Å². The average Bonchev–Trinajstić information content (AvgIpc) is 1.83. The zero-order valence-electron chi connectivity index (χ0n) is 5.57. The molecule has 0 radical (unpaired) electrons. The van der Waals surface area contributed by atoms with Crippen molar-refractivity contribution in [1.82, 2.24) is 0 Å². The van der Waals surface area contributed by atoms with Crippen molar-refractivity contribution in [3.63, 3.8) is 0 Å². The second-order valence-corrected chi connectivity index (χ2v) is 3.45. The van der Waals surface area contributed by atoms with Crippen LogP contribution in [0, 0.1) is 13.8 Å². The van der Waals surface area contributed by atoms with E-state index in [1.54, 1.807) is 0 Å². The molecule has 0 bridgehead atoms. The van der Waals surface area contributed by atoms with E-state index in [1.807, 2.05) is 0 Å². The van der Waals surface area contributed by atoms with E-state index in [-0.39, 0.29) is 0 Å². The molecule has 0 heterocycles. The molecule has 1 aromatic rings. The van der Waals surface area contributed by atoms with Crippen LogP contribution in [0.4, 0.5) is 0 Å². The van der Waals surface area contributed by atoms with E-state index in [1.165, 1.54) is 15.2 Å². The molecule has 1 aromatic carbocycles. The van der Waals surface area contributed by atoms with E-state index in [0.29, 0.717) is 0 Å². The van der Waals surface area contributed by atoms with Crippen molar-refractivity contribution in [2.24, 2.45) is 0 Å². The maximum atomic E-state index is 2.16. The summed E-state index contributed by atoms with van der Waals surface area (Å²) in [6, 6.07) is 6.38. The van der Waals surface area contributed by atoms with E-state index in [4.69, 9.17) is 0 Å². The van der Waals surface area contributed by atoms with Crippen LogP contribution in [0.5, 0.6) is 0 Å². The zero-order valence-corrected chi connectivity index (χ0v) is 7.96. The first-order valence-corrected chi connectivity index (χ1v) is 4.11. The second kappa shape index (κ2) is 2.64. The van der Waals surface area contributed by atoms with Crippen LogP contribution >= 0.6 is 0 Å². The molecule has 0 nitrogen and oxygen atoms in total. The summed E-state index contributed by atoms with van der Waals surface area (Å²) in [4.78, 5) is 0. The molecule has 0 aliphatic rings. The summed E-state index contributed by atoms with van der Waals surface area (Å²) in [7, 11) is 0. The van der Waals surface area contributed by atoms with Gasteiger partial charge in [0.15, 0.2) is 0 Å². The molecule has 0 fully saturated rings. The van der Waals surface area contributed by atoms with Gasteiger partial charge in [-0.3, -0.25) is 0 Å². The molecule has 0 N–H and O–H groups in total. The fraction of sp³-hybridized carbons (Fsp3) is 0.250. The van der Waals surface area contributed by atoms with Crippen molar-refractivity contribution in [3.05, 3.63) is 29.3 Å². The number of hydrogen-bond acceptors (Lipinski definition) is 0. The molecule has 1 heteroatoms. The van der Waals surface area contributed by atoms with Gasteiger partial charge in [-0.25, -0.2) is 0 Å². The number of rotatable bonds is 0. The van der Waals surface area contributed by atoms with Gasteiger partial charge in [0.25, 0.3) is 0 Å². The maximum absolute atomic E-state index is 2.16. The summed E-state index contributed by atoms with van der Waals surface area (Å²) in [5.74, 6) is 0. The minimum absolute atomic E-state index is 1.38. The molecule has 9 heavy (non-hydrogen) atoms. The topological polar surface area (TPSA) is 0 Å². The van der Waals surface area contributed by atoms with Crippen molar-refractivity contribution in [2.75, 3.05) is 0 Å². The first-order chi connectivity index (χ1) is 4.22. The fourth-order valence-corrected chi connectivity index (χ4v) is 1.40. The molecule has 0 saturated heterocycles. The third-order valence-corrected chi connectivity index (χ3v) is 2.81.